The summed E-state index contributed by atoms with van der Waals surface area (Å²) in [4.78, 5) is 28.3. The molecule has 2 amide bonds. The van der Waals surface area contributed by atoms with Gasteiger partial charge in [0.15, 0.2) is 0 Å². The largest absolute Gasteiger partial charge is 0.355 e. The SMILES string of the molecule is CCCNC(=O)CN1CCN(C(=O)[C@@H]2CNC[C@H]2C)CC1. The lowest BCUT2D eigenvalue weighted by Crippen LogP contribution is -2.53. The van der Waals surface area contributed by atoms with E-state index in [-0.39, 0.29) is 17.7 Å². The van der Waals surface area contributed by atoms with Crippen molar-refractivity contribution in [3.8, 4) is 0 Å². The van der Waals surface area contributed by atoms with Gasteiger partial charge in [0, 0.05) is 39.3 Å². The van der Waals surface area contributed by atoms with E-state index in [2.05, 4.69) is 22.5 Å². The van der Waals surface area contributed by atoms with Crippen molar-refractivity contribution in [2.45, 2.75) is 20.3 Å². The fourth-order valence-corrected chi connectivity index (χ4v) is 3.02. The van der Waals surface area contributed by atoms with E-state index < -0.39 is 0 Å². The molecule has 0 bridgehead atoms. The molecule has 0 aromatic rings. The minimum absolute atomic E-state index is 0.0882. The lowest BCUT2D eigenvalue weighted by atomic mass is 9.96. The van der Waals surface area contributed by atoms with Crippen molar-refractivity contribution in [1.82, 2.24) is 20.4 Å². The number of hydrogen-bond acceptors (Lipinski definition) is 4. The molecule has 2 rings (SSSR count). The molecule has 21 heavy (non-hydrogen) atoms. The molecular weight excluding hydrogens is 268 g/mol. The summed E-state index contributed by atoms with van der Waals surface area (Å²) in [5, 5.41) is 6.18. The standard InChI is InChI=1S/C15H28N4O2/c1-3-4-17-14(20)11-18-5-7-19(8-6-18)15(21)13-10-16-9-12(13)2/h12-13,16H,3-11H2,1-2H3,(H,17,20)/t12-,13-/m1/s1. The van der Waals surface area contributed by atoms with E-state index >= 15 is 0 Å². The van der Waals surface area contributed by atoms with Gasteiger partial charge in [-0.25, -0.2) is 0 Å². The minimum atomic E-state index is 0.0882. The van der Waals surface area contributed by atoms with Gasteiger partial charge in [-0.05, 0) is 18.9 Å². The van der Waals surface area contributed by atoms with Crippen molar-refractivity contribution in [3.05, 3.63) is 0 Å². The number of nitrogens with one attached hydrogen (secondary N) is 2. The monoisotopic (exact) mass is 296 g/mol. The second-order valence-electron chi connectivity index (χ2n) is 6.19. The number of piperazine rings is 1. The van der Waals surface area contributed by atoms with Crippen molar-refractivity contribution in [2.75, 3.05) is 52.4 Å². The van der Waals surface area contributed by atoms with Crippen molar-refractivity contribution in [2.24, 2.45) is 11.8 Å². The molecule has 0 saturated carbocycles. The summed E-state index contributed by atoms with van der Waals surface area (Å²) in [5.41, 5.74) is 0. The molecule has 2 fully saturated rings. The molecule has 0 aromatic carbocycles. The van der Waals surface area contributed by atoms with Crippen molar-refractivity contribution >= 4 is 11.8 Å². The summed E-state index contributed by atoms with van der Waals surface area (Å²) < 4.78 is 0. The molecule has 2 aliphatic rings. The van der Waals surface area contributed by atoms with E-state index in [0.717, 1.165) is 52.2 Å². The van der Waals surface area contributed by atoms with Crippen LogP contribution in [0.5, 0.6) is 0 Å². The Morgan fingerprint density at radius 2 is 1.90 bits per heavy atom. The third kappa shape index (κ3) is 4.41. The van der Waals surface area contributed by atoms with Crippen LogP contribution in [0.25, 0.3) is 0 Å². The van der Waals surface area contributed by atoms with Crippen LogP contribution in [0.15, 0.2) is 0 Å². The summed E-state index contributed by atoms with van der Waals surface area (Å²) in [6.07, 6.45) is 0.960. The molecule has 2 atom stereocenters. The van der Waals surface area contributed by atoms with Gasteiger partial charge in [0.1, 0.15) is 0 Å². The smallest absolute Gasteiger partial charge is 0.234 e. The van der Waals surface area contributed by atoms with Gasteiger partial charge in [0.2, 0.25) is 11.8 Å². The molecule has 2 heterocycles. The highest BCUT2D eigenvalue weighted by molar-refractivity contribution is 5.80. The second kappa shape index (κ2) is 7.75. The Kier molecular flexibility index (Phi) is 5.99. The maximum absolute atomic E-state index is 12.5. The molecule has 0 unspecified atom stereocenters. The highest BCUT2D eigenvalue weighted by Crippen LogP contribution is 2.19. The molecule has 0 aromatic heterocycles. The normalized spacial score (nSPS) is 26.9. The van der Waals surface area contributed by atoms with E-state index in [9.17, 15) is 9.59 Å². The molecular formula is C15H28N4O2. The number of carbonyl (C=O) groups excluding carboxylic acids is 2. The van der Waals surface area contributed by atoms with Gasteiger partial charge in [0.25, 0.3) is 0 Å². The minimum Gasteiger partial charge on any atom is -0.355 e. The molecule has 0 spiro atoms. The molecule has 2 aliphatic heterocycles. The van der Waals surface area contributed by atoms with Crippen LogP contribution in [0.3, 0.4) is 0 Å². The first-order valence-electron chi connectivity index (χ1n) is 8.10. The Morgan fingerprint density at radius 1 is 1.19 bits per heavy atom. The first-order valence-corrected chi connectivity index (χ1v) is 8.10. The number of amides is 2. The molecule has 2 saturated heterocycles. The lowest BCUT2D eigenvalue weighted by molar-refractivity contribution is -0.138. The summed E-state index contributed by atoms with van der Waals surface area (Å²) in [7, 11) is 0. The van der Waals surface area contributed by atoms with Crippen LogP contribution >= 0.6 is 0 Å². The van der Waals surface area contributed by atoms with E-state index in [1.165, 1.54) is 0 Å². The van der Waals surface area contributed by atoms with Crippen LogP contribution in [0.1, 0.15) is 20.3 Å². The van der Waals surface area contributed by atoms with Gasteiger partial charge >= 0.3 is 0 Å². The predicted octanol–water partition coefficient (Wildman–Crippen LogP) is -0.488. The molecule has 2 N–H and O–H groups in total. The van der Waals surface area contributed by atoms with Crippen LogP contribution in [0, 0.1) is 11.8 Å². The zero-order valence-electron chi connectivity index (χ0n) is 13.2. The molecule has 6 heteroatoms. The van der Waals surface area contributed by atoms with Crippen molar-refractivity contribution < 1.29 is 9.59 Å². The number of rotatable bonds is 5. The second-order valence-corrected chi connectivity index (χ2v) is 6.19. The Hall–Kier alpha value is -1.14. The fraction of sp³-hybridized carbons (Fsp3) is 0.867. The summed E-state index contributed by atoms with van der Waals surface area (Å²) in [5.74, 6) is 0.924. The highest BCUT2D eigenvalue weighted by Gasteiger charge is 2.34. The van der Waals surface area contributed by atoms with Gasteiger partial charge in [-0.2, -0.15) is 0 Å². The third-order valence-electron chi connectivity index (χ3n) is 4.46. The summed E-state index contributed by atoms with van der Waals surface area (Å²) in [6.45, 7) is 10.2. The average Bonchev–Trinajstić information content (AvgIpc) is 2.91. The summed E-state index contributed by atoms with van der Waals surface area (Å²) in [6, 6.07) is 0. The Labute approximate surface area is 127 Å². The first kappa shape index (κ1) is 16.2. The van der Waals surface area contributed by atoms with E-state index in [4.69, 9.17) is 0 Å². The van der Waals surface area contributed by atoms with E-state index in [1.807, 2.05) is 11.8 Å². The zero-order valence-corrected chi connectivity index (χ0v) is 13.2. The van der Waals surface area contributed by atoms with Gasteiger partial charge < -0.3 is 15.5 Å². The van der Waals surface area contributed by atoms with Gasteiger partial charge in [-0.15, -0.1) is 0 Å². The maximum Gasteiger partial charge on any atom is 0.234 e. The Balaban J connectivity index is 1.72. The van der Waals surface area contributed by atoms with Gasteiger partial charge in [-0.1, -0.05) is 13.8 Å². The van der Waals surface area contributed by atoms with Gasteiger partial charge in [0.05, 0.1) is 12.5 Å². The molecule has 120 valence electrons. The van der Waals surface area contributed by atoms with E-state index in [1.54, 1.807) is 0 Å². The molecule has 0 aliphatic carbocycles. The molecule has 6 nitrogen and oxygen atoms in total. The quantitative estimate of drug-likeness (QED) is 0.719. The number of hydrogen-bond donors (Lipinski definition) is 2. The van der Waals surface area contributed by atoms with Crippen LogP contribution in [0.2, 0.25) is 0 Å². The van der Waals surface area contributed by atoms with Crippen molar-refractivity contribution in [1.29, 1.82) is 0 Å². The van der Waals surface area contributed by atoms with Crippen molar-refractivity contribution in [3.63, 3.8) is 0 Å². The topological polar surface area (TPSA) is 64.7 Å². The van der Waals surface area contributed by atoms with Gasteiger partial charge in [-0.3, -0.25) is 14.5 Å². The maximum atomic E-state index is 12.5. The summed E-state index contributed by atoms with van der Waals surface area (Å²) >= 11 is 0. The molecule has 0 radical (unpaired) electrons. The van der Waals surface area contributed by atoms with Crippen LogP contribution in [-0.4, -0.2) is 74.0 Å². The fourth-order valence-electron chi connectivity index (χ4n) is 3.02. The third-order valence-corrected chi connectivity index (χ3v) is 4.46. The highest BCUT2D eigenvalue weighted by atomic mass is 16.2. The Morgan fingerprint density at radius 3 is 2.48 bits per heavy atom. The van der Waals surface area contributed by atoms with E-state index in [0.29, 0.717) is 12.5 Å². The Bertz CT molecular complexity index is 367. The number of carbonyl (C=O) groups is 2. The first-order chi connectivity index (χ1) is 10.1. The zero-order chi connectivity index (χ0) is 15.2. The lowest BCUT2D eigenvalue weighted by Gasteiger charge is -2.36. The average molecular weight is 296 g/mol. The van der Waals surface area contributed by atoms with Crippen LogP contribution < -0.4 is 10.6 Å². The predicted molar refractivity (Wildman–Crippen MR) is 81.8 cm³/mol. The van der Waals surface area contributed by atoms with Crippen LogP contribution in [-0.2, 0) is 9.59 Å². The van der Waals surface area contributed by atoms with Crippen LogP contribution in [0.4, 0.5) is 0 Å². The number of nitrogens with zero attached hydrogens (tertiary/aromatic N) is 2.